The Kier molecular flexibility index (Phi) is 4.80. The number of ether oxygens (including phenoxy) is 1. The van der Waals surface area contributed by atoms with Crippen LogP contribution in [-0.4, -0.2) is 44.7 Å². The van der Waals surface area contributed by atoms with E-state index in [1.54, 1.807) is 7.11 Å². The van der Waals surface area contributed by atoms with Gasteiger partial charge in [0.1, 0.15) is 0 Å². The lowest BCUT2D eigenvalue weighted by Crippen LogP contribution is -2.35. The molecule has 1 unspecified atom stereocenters. The Morgan fingerprint density at radius 3 is 3.05 bits per heavy atom. The number of para-hydroxylation sites is 1. The van der Waals surface area contributed by atoms with E-state index in [9.17, 15) is 4.79 Å². The van der Waals surface area contributed by atoms with Gasteiger partial charge in [-0.3, -0.25) is 4.79 Å². The minimum atomic E-state index is -0.00926. The number of benzene rings is 1. The van der Waals surface area contributed by atoms with E-state index in [-0.39, 0.29) is 11.8 Å². The molecule has 0 radical (unpaired) electrons. The molecule has 0 saturated heterocycles. The van der Waals surface area contributed by atoms with E-state index in [0.717, 1.165) is 37.2 Å². The number of hydrogen-bond donors (Lipinski definition) is 1. The highest BCUT2D eigenvalue weighted by Crippen LogP contribution is 2.32. The highest BCUT2D eigenvalue weighted by atomic mass is 16.5. The van der Waals surface area contributed by atoms with E-state index in [4.69, 9.17) is 4.74 Å². The molecule has 1 atom stereocenters. The molecule has 4 heteroatoms. The van der Waals surface area contributed by atoms with Crippen LogP contribution >= 0.6 is 0 Å². The molecule has 0 aliphatic carbocycles. The molecule has 1 aromatic rings. The predicted octanol–water partition coefficient (Wildman–Crippen LogP) is 2.08. The number of likely N-dealkylation sites (N-methyl/N-ethyl adjacent to an activating group) is 1. The van der Waals surface area contributed by atoms with Gasteiger partial charge < -0.3 is 15.0 Å². The minimum Gasteiger partial charge on any atom is -0.385 e. The molecule has 0 spiro atoms. The standard InChI is InChI=1S/C15H22N2O2/c1-17(10-5-11-19-2)15(18)13-8-9-16-14-7-4-3-6-12(13)14/h3-4,6-7,13,16H,5,8-11H2,1-2H3. The zero-order valence-electron chi connectivity index (χ0n) is 11.7. The summed E-state index contributed by atoms with van der Waals surface area (Å²) in [7, 11) is 3.56. The monoisotopic (exact) mass is 262 g/mol. The summed E-state index contributed by atoms with van der Waals surface area (Å²) < 4.78 is 5.03. The Labute approximate surface area is 114 Å². The van der Waals surface area contributed by atoms with Crippen LogP contribution in [0.2, 0.25) is 0 Å². The third-order valence-corrected chi connectivity index (χ3v) is 3.60. The molecule has 1 N–H and O–H groups in total. The molecule has 1 amide bonds. The Balaban J connectivity index is 2.04. The van der Waals surface area contributed by atoms with Gasteiger partial charge in [0.05, 0.1) is 5.92 Å². The van der Waals surface area contributed by atoms with Crippen molar-refractivity contribution in [2.45, 2.75) is 18.8 Å². The fraction of sp³-hybridized carbons (Fsp3) is 0.533. The SMILES string of the molecule is COCCCN(C)C(=O)C1CCNc2ccccc21. The molecular weight excluding hydrogens is 240 g/mol. The highest BCUT2D eigenvalue weighted by Gasteiger charge is 2.28. The minimum absolute atomic E-state index is 0.00926. The number of fused-ring (bicyclic) bond motifs is 1. The Hall–Kier alpha value is -1.55. The van der Waals surface area contributed by atoms with Gasteiger partial charge in [0.25, 0.3) is 0 Å². The number of rotatable bonds is 5. The first kappa shape index (κ1) is 13.9. The van der Waals surface area contributed by atoms with Crippen molar-refractivity contribution in [3.05, 3.63) is 29.8 Å². The zero-order chi connectivity index (χ0) is 13.7. The van der Waals surface area contributed by atoms with Gasteiger partial charge in [0.15, 0.2) is 0 Å². The fourth-order valence-corrected chi connectivity index (χ4v) is 2.55. The molecule has 0 fully saturated rings. The van der Waals surface area contributed by atoms with Gasteiger partial charge >= 0.3 is 0 Å². The van der Waals surface area contributed by atoms with Crippen LogP contribution < -0.4 is 5.32 Å². The Morgan fingerprint density at radius 2 is 2.26 bits per heavy atom. The summed E-state index contributed by atoms with van der Waals surface area (Å²) in [6.45, 7) is 2.30. The molecule has 0 bridgehead atoms. The van der Waals surface area contributed by atoms with Crippen LogP contribution in [0.1, 0.15) is 24.3 Å². The summed E-state index contributed by atoms with van der Waals surface area (Å²) in [6, 6.07) is 8.09. The van der Waals surface area contributed by atoms with Crippen molar-refractivity contribution in [1.82, 2.24) is 4.90 Å². The second kappa shape index (κ2) is 6.57. The maximum atomic E-state index is 12.5. The van der Waals surface area contributed by atoms with Crippen molar-refractivity contribution in [3.63, 3.8) is 0 Å². The summed E-state index contributed by atoms with van der Waals surface area (Å²) in [5.74, 6) is 0.204. The second-order valence-electron chi connectivity index (χ2n) is 4.96. The Morgan fingerprint density at radius 1 is 1.47 bits per heavy atom. The van der Waals surface area contributed by atoms with Gasteiger partial charge in [0, 0.05) is 39.5 Å². The molecule has 1 heterocycles. The topological polar surface area (TPSA) is 41.6 Å². The number of carbonyl (C=O) groups excluding carboxylic acids is 1. The smallest absolute Gasteiger partial charge is 0.230 e. The summed E-state index contributed by atoms with van der Waals surface area (Å²) in [5.41, 5.74) is 2.22. The summed E-state index contributed by atoms with van der Waals surface area (Å²) in [4.78, 5) is 14.3. The first-order valence-electron chi connectivity index (χ1n) is 6.80. The van der Waals surface area contributed by atoms with Crippen LogP contribution in [0.3, 0.4) is 0 Å². The lowest BCUT2D eigenvalue weighted by molar-refractivity contribution is -0.131. The number of hydrogen-bond acceptors (Lipinski definition) is 3. The van der Waals surface area contributed by atoms with E-state index in [1.807, 2.05) is 36.2 Å². The summed E-state index contributed by atoms with van der Waals surface area (Å²) >= 11 is 0. The third kappa shape index (κ3) is 3.26. The first-order chi connectivity index (χ1) is 9.24. The van der Waals surface area contributed by atoms with E-state index in [2.05, 4.69) is 5.32 Å². The van der Waals surface area contributed by atoms with Crippen molar-refractivity contribution in [1.29, 1.82) is 0 Å². The van der Waals surface area contributed by atoms with Crippen LogP contribution in [-0.2, 0) is 9.53 Å². The lowest BCUT2D eigenvalue weighted by atomic mass is 9.90. The number of amides is 1. The van der Waals surface area contributed by atoms with Gasteiger partial charge in [-0.05, 0) is 24.5 Å². The average Bonchev–Trinajstić information content (AvgIpc) is 2.46. The first-order valence-corrected chi connectivity index (χ1v) is 6.80. The van der Waals surface area contributed by atoms with Crippen LogP contribution in [0.15, 0.2) is 24.3 Å². The van der Waals surface area contributed by atoms with Crippen molar-refractivity contribution in [2.24, 2.45) is 0 Å². The normalized spacial score (nSPS) is 17.5. The number of nitrogens with zero attached hydrogens (tertiary/aromatic N) is 1. The van der Waals surface area contributed by atoms with Crippen LogP contribution in [0.25, 0.3) is 0 Å². The number of anilines is 1. The predicted molar refractivity (Wildman–Crippen MR) is 76.4 cm³/mol. The molecule has 2 rings (SSSR count). The largest absolute Gasteiger partial charge is 0.385 e. The quantitative estimate of drug-likeness (QED) is 0.826. The number of nitrogens with one attached hydrogen (secondary N) is 1. The van der Waals surface area contributed by atoms with Crippen LogP contribution in [0.5, 0.6) is 0 Å². The van der Waals surface area contributed by atoms with E-state index < -0.39 is 0 Å². The molecular formula is C15H22N2O2. The van der Waals surface area contributed by atoms with E-state index in [0.29, 0.717) is 6.61 Å². The molecule has 1 aliphatic rings. The third-order valence-electron chi connectivity index (χ3n) is 3.60. The number of methoxy groups -OCH3 is 1. The molecule has 19 heavy (non-hydrogen) atoms. The fourth-order valence-electron chi connectivity index (χ4n) is 2.55. The van der Waals surface area contributed by atoms with Crippen molar-refractivity contribution < 1.29 is 9.53 Å². The average molecular weight is 262 g/mol. The van der Waals surface area contributed by atoms with Crippen molar-refractivity contribution >= 4 is 11.6 Å². The van der Waals surface area contributed by atoms with Gasteiger partial charge in [-0.15, -0.1) is 0 Å². The van der Waals surface area contributed by atoms with Crippen LogP contribution in [0.4, 0.5) is 5.69 Å². The lowest BCUT2D eigenvalue weighted by Gasteiger charge is -2.29. The second-order valence-corrected chi connectivity index (χ2v) is 4.96. The number of carbonyl (C=O) groups is 1. The van der Waals surface area contributed by atoms with E-state index in [1.165, 1.54) is 0 Å². The molecule has 1 aliphatic heterocycles. The molecule has 1 aromatic carbocycles. The summed E-state index contributed by atoms with van der Waals surface area (Å²) in [5, 5.41) is 3.35. The molecule has 0 aromatic heterocycles. The Bertz CT molecular complexity index is 434. The maximum Gasteiger partial charge on any atom is 0.230 e. The molecule has 104 valence electrons. The molecule has 0 saturated carbocycles. The highest BCUT2D eigenvalue weighted by molar-refractivity contribution is 5.86. The van der Waals surface area contributed by atoms with Gasteiger partial charge in [0.2, 0.25) is 5.91 Å². The van der Waals surface area contributed by atoms with Crippen molar-refractivity contribution in [2.75, 3.05) is 39.2 Å². The van der Waals surface area contributed by atoms with Crippen LogP contribution in [0, 0.1) is 0 Å². The van der Waals surface area contributed by atoms with Gasteiger partial charge in [-0.2, -0.15) is 0 Å². The van der Waals surface area contributed by atoms with E-state index >= 15 is 0 Å². The summed E-state index contributed by atoms with van der Waals surface area (Å²) in [6.07, 6.45) is 1.75. The van der Waals surface area contributed by atoms with Gasteiger partial charge in [-0.25, -0.2) is 0 Å². The zero-order valence-corrected chi connectivity index (χ0v) is 11.7. The maximum absolute atomic E-state index is 12.5. The molecule has 4 nitrogen and oxygen atoms in total. The van der Waals surface area contributed by atoms with Crippen molar-refractivity contribution in [3.8, 4) is 0 Å². The van der Waals surface area contributed by atoms with Gasteiger partial charge in [-0.1, -0.05) is 18.2 Å².